The third kappa shape index (κ3) is 3.25. The van der Waals surface area contributed by atoms with Crippen molar-refractivity contribution < 1.29 is 4.39 Å². The summed E-state index contributed by atoms with van der Waals surface area (Å²) in [5, 5.41) is 3.82. The Hall–Kier alpha value is -1.04. The number of likely N-dealkylation sites (N-methyl/N-ethyl adjacent to an activating group) is 1. The van der Waals surface area contributed by atoms with Crippen molar-refractivity contribution in [3.63, 3.8) is 0 Å². The molecule has 1 aliphatic heterocycles. The molecule has 1 aromatic carbocycles. The molecule has 0 fully saturated rings. The first-order valence-electron chi connectivity index (χ1n) is 7.03. The maximum atomic E-state index is 13.9. The zero-order valence-corrected chi connectivity index (χ0v) is 13.9. The average Bonchev–Trinajstić information content (AvgIpc) is 3.03. The van der Waals surface area contributed by atoms with Crippen LogP contribution in [-0.4, -0.2) is 38.6 Å². The largest absolute Gasteiger partial charge is 0.360 e. The minimum atomic E-state index is -0.119. The van der Waals surface area contributed by atoms with Crippen molar-refractivity contribution in [3.8, 4) is 0 Å². The molecule has 0 spiro atoms. The van der Waals surface area contributed by atoms with Crippen LogP contribution < -0.4 is 4.90 Å². The van der Waals surface area contributed by atoms with Crippen LogP contribution in [0.2, 0.25) is 0 Å². The SMILES string of the molecule is CN(C)CCN1CC(Sc2ccccc2F)c2ccsc21. The van der Waals surface area contributed by atoms with Gasteiger partial charge in [-0.15, -0.1) is 23.1 Å². The van der Waals surface area contributed by atoms with E-state index < -0.39 is 0 Å². The van der Waals surface area contributed by atoms with Gasteiger partial charge in [-0.2, -0.15) is 0 Å². The second kappa shape index (κ2) is 6.38. The zero-order chi connectivity index (χ0) is 14.8. The average molecular weight is 322 g/mol. The van der Waals surface area contributed by atoms with Crippen molar-refractivity contribution in [3.05, 3.63) is 47.1 Å². The number of anilines is 1. The van der Waals surface area contributed by atoms with Gasteiger partial charge < -0.3 is 9.80 Å². The van der Waals surface area contributed by atoms with Crippen LogP contribution in [0.4, 0.5) is 9.39 Å². The van der Waals surface area contributed by atoms with E-state index in [9.17, 15) is 4.39 Å². The van der Waals surface area contributed by atoms with Crippen LogP contribution in [0.25, 0.3) is 0 Å². The van der Waals surface area contributed by atoms with Crippen LogP contribution in [0.1, 0.15) is 10.8 Å². The summed E-state index contributed by atoms with van der Waals surface area (Å²) in [6.07, 6.45) is 0. The van der Waals surface area contributed by atoms with Crippen molar-refractivity contribution >= 4 is 28.1 Å². The fraction of sp³-hybridized carbons (Fsp3) is 0.375. The number of rotatable bonds is 5. The number of benzene rings is 1. The van der Waals surface area contributed by atoms with E-state index in [4.69, 9.17) is 0 Å². The molecular weight excluding hydrogens is 303 g/mol. The molecule has 5 heteroatoms. The lowest BCUT2D eigenvalue weighted by atomic mass is 10.3. The summed E-state index contributed by atoms with van der Waals surface area (Å²) in [4.78, 5) is 5.37. The quantitative estimate of drug-likeness (QED) is 0.818. The van der Waals surface area contributed by atoms with E-state index in [1.54, 1.807) is 29.2 Å². The van der Waals surface area contributed by atoms with Gasteiger partial charge in [-0.3, -0.25) is 0 Å². The molecular formula is C16H19FN2S2. The molecule has 21 heavy (non-hydrogen) atoms. The van der Waals surface area contributed by atoms with E-state index in [1.807, 2.05) is 12.1 Å². The van der Waals surface area contributed by atoms with E-state index in [0.29, 0.717) is 5.25 Å². The van der Waals surface area contributed by atoms with Crippen molar-refractivity contribution in [2.24, 2.45) is 0 Å². The van der Waals surface area contributed by atoms with Gasteiger partial charge in [-0.1, -0.05) is 12.1 Å². The van der Waals surface area contributed by atoms with Crippen LogP contribution in [0.5, 0.6) is 0 Å². The second-order valence-corrected chi connectivity index (χ2v) is 7.61. The minimum absolute atomic E-state index is 0.119. The van der Waals surface area contributed by atoms with Crippen molar-refractivity contribution in [2.45, 2.75) is 10.1 Å². The number of thioether (sulfide) groups is 1. The molecule has 2 aromatic rings. The summed E-state index contributed by atoms with van der Waals surface area (Å²) in [5.41, 5.74) is 1.35. The Balaban J connectivity index is 1.75. The van der Waals surface area contributed by atoms with Crippen molar-refractivity contribution in [2.75, 3.05) is 38.6 Å². The molecule has 0 radical (unpaired) electrons. The zero-order valence-electron chi connectivity index (χ0n) is 12.3. The maximum absolute atomic E-state index is 13.9. The molecule has 112 valence electrons. The first-order valence-corrected chi connectivity index (χ1v) is 8.79. The summed E-state index contributed by atoms with van der Waals surface area (Å²) in [6, 6.07) is 9.24. The van der Waals surface area contributed by atoms with Gasteiger partial charge in [0.1, 0.15) is 5.82 Å². The van der Waals surface area contributed by atoms with Crippen LogP contribution >= 0.6 is 23.1 Å². The van der Waals surface area contributed by atoms with E-state index in [-0.39, 0.29) is 5.82 Å². The highest BCUT2D eigenvalue weighted by Crippen LogP contribution is 2.48. The molecule has 0 saturated carbocycles. The molecule has 1 aliphatic rings. The molecule has 0 aliphatic carbocycles. The van der Waals surface area contributed by atoms with Crippen molar-refractivity contribution in [1.82, 2.24) is 4.90 Å². The molecule has 0 saturated heterocycles. The van der Waals surface area contributed by atoms with Gasteiger partial charge in [-0.05, 0) is 37.7 Å². The predicted molar refractivity (Wildman–Crippen MR) is 90.1 cm³/mol. The number of thiophene rings is 1. The van der Waals surface area contributed by atoms with Gasteiger partial charge in [0.15, 0.2) is 0 Å². The Morgan fingerprint density at radius 1 is 1.33 bits per heavy atom. The summed E-state index contributed by atoms with van der Waals surface area (Å²) < 4.78 is 13.9. The lowest BCUT2D eigenvalue weighted by Crippen LogP contribution is -2.30. The lowest BCUT2D eigenvalue weighted by Gasteiger charge is -2.21. The maximum Gasteiger partial charge on any atom is 0.136 e. The number of hydrogen-bond donors (Lipinski definition) is 0. The minimum Gasteiger partial charge on any atom is -0.360 e. The molecule has 2 nitrogen and oxygen atoms in total. The molecule has 3 rings (SSSR count). The highest BCUT2D eigenvalue weighted by Gasteiger charge is 2.30. The molecule has 1 aromatic heterocycles. The number of fused-ring (bicyclic) bond motifs is 1. The normalized spacial score (nSPS) is 17.5. The molecule has 0 bridgehead atoms. The monoisotopic (exact) mass is 322 g/mol. The molecule has 1 unspecified atom stereocenters. The van der Waals surface area contributed by atoms with Crippen LogP contribution in [0.3, 0.4) is 0 Å². The smallest absolute Gasteiger partial charge is 0.136 e. The van der Waals surface area contributed by atoms with Gasteiger partial charge in [0, 0.05) is 30.1 Å². The standard InChI is InChI=1S/C16H19FN2S2/c1-18(2)8-9-19-11-15(12-7-10-20-16(12)19)21-14-6-4-3-5-13(14)17/h3-7,10,15H,8-9,11H2,1-2H3. The Bertz CT molecular complexity index is 612. The second-order valence-electron chi connectivity index (χ2n) is 5.47. The van der Waals surface area contributed by atoms with Gasteiger partial charge in [0.2, 0.25) is 0 Å². The van der Waals surface area contributed by atoms with Crippen LogP contribution in [0.15, 0.2) is 40.6 Å². The summed E-state index contributed by atoms with van der Waals surface area (Å²) in [6.45, 7) is 3.03. The Labute approximate surface area is 133 Å². The summed E-state index contributed by atoms with van der Waals surface area (Å²) in [7, 11) is 4.19. The lowest BCUT2D eigenvalue weighted by molar-refractivity contribution is 0.415. The Morgan fingerprint density at radius 2 is 2.14 bits per heavy atom. The van der Waals surface area contributed by atoms with Crippen molar-refractivity contribution in [1.29, 1.82) is 0 Å². The third-order valence-corrected chi connectivity index (χ3v) is 5.88. The van der Waals surface area contributed by atoms with Gasteiger partial charge in [0.25, 0.3) is 0 Å². The van der Waals surface area contributed by atoms with Crippen LogP contribution in [-0.2, 0) is 0 Å². The van der Waals surface area contributed by atoms with Crippen LogP contribution in [0, 0.1) is 5.82 Å². The molecule has 0 amide bonds. The predicted octanol–water partition coefficient (Wildman–Crippen LogP) is 4.10. The van der Waals surface area contributed by atoms with Gasteiger partial charge in [0.05, 0.1) is 10.3 Å². The van der Waals surface area contributed by atoms with E-state index in [2.05, 4.69) is 35.3 Å². The first-order chi connectivity index (χ1) is 10.1. The van der Waals surface area contributed by atoms with Gasteiger partial charge >= 0.3 is 0 Å². The summed E-state index contributed by atoms with van der Waals surface area (Å²) in [5.74, 6) is -0.119. The Kier molecular flexibility index (Phi) is 4.52. The van der Waals surface area contributed by atoms with Gasteiger partial charge in [-0.25, -0.2) is 4.39 Å². The fourth-order valence-electron chi connectivity index (χ4n) is 2.50. The number of halogens is 1. The molecule has 1 atom stereocenters. The third-order valence-electron chi connectivity index (χ3n) is 3.62. The topological polar surface area (TPSA) is 6.48 Å². The number of hydrogen-bond acceptors (Lipinski definition) is 4. The number of nitrogens with zero attached hydrogens (tertiary/aromatic N) is 2. The molecule has 2 heterocycles. The summed E-state index contributed by atoms with van der Waals surface area (Å²) >= 11 is 3.43. The fourth-order valence-corrected chi connectivity index (χ4v) is 4.80. The highest BCUT2D eigenvalue weighted by atomic mass is 32.2. The molecule has 0 N–H and O–H groups in total. The Morgan fingerprint density at radius 3 is 2.90 bits per heavy atom. The van der Waals surface area contributed by atoms with E-state index >= 15 is 0 Å². The van der Waals surface area contributed by atoms with E-state index in [0.717, 1.165) is 24.5 Å². The highest BCUT2D eigenvalue weighted by molar-refractivity contribution is 7.99. The first kappa shape index (κ1) is 14.9. The van der Waals surface area contributed by atoms with E-state index in [1.165, 1.54) is 16.6 Å².